The van der Waals surface area contributed by atoms with Gasteiger partial charge >= 0.3 is 5.97 Å². The molecule has 0 aliphatic rings. The van der Waals surface area contributed by atoms with Crippen molar-refractivity contribution in [3.8, 4) is 0 Å². The van der Waals surface area contributed by atoms with Crippen LogP contribution in [0.3, 0.4) is 0 Å². The van der Waals surface area contributed by atoms with E-state index in [-0.39, 0.29) is 0 Å². The zero-order valence-corrected chi connectivity index (χ0v) is 8.68. The highest BCUT2D eigenvalue weighted by Gasteiger charge is 2.15. The maximum Gasteiger partial charge on any atom is 0.320 e. The highest BCUT2D eigenvalue weighted by molar-refractivity contribution is 5.73. The van der Waals surface area contributed by atoms with Gasteiger partial charge in [-0.2, -0.15) is 0 Å². The van der Waals surface area contributed by atoms with Crippen molar-refractivity contribution in [2.45, 2.75) is 32.4 Å². The molecule has 0 spiro atoms. The topological polar surface area (TPSA) is 75.1 Å². The summed E-state index contributed by atoms with van der Waals surface area (Å²) in [4.78, 5) is 18.8. The Morgan fingerprint density at radius 3 is 2.73 bits per heavy atom. The van der Waals surface area contributed by atoms with Crippen LogP contribution in [0, 0.1) is 0 Å². The van der Waals surface area contributed by atoms with Gasteiger partial charge < -0.3 is 5.11 Å². The highest BCUT2D eigenvalue weighted by Crippen LogP contribution is 1.98. The number of aliphatic carboxylic acids is 1. The zero-order valence-electron chi connectivity index (χ0n) is 8.68. The summed E-state index contributed by atoms with van der Waals surface area (Å²) in [6, 6.07) is 1.21. The van der Waals surface area contributed by atoms with E-state index in [0.717, 1.165) is 6.42 Å². The van der Waals surface area contributed by atoms with Crippen LogP contribution in [-0.4, -0.2) is 27.1 Å². The third-order valence-corrected chi connectivity index (χ3v) is 2.00. The first-order valence-electron chi connectivity index (χ1n) is 4.96. The molecule has 0 aromatic carbocycles. The van der Waals surface area contributed by atoms with Crippen molar-refractivity contribution < 1.29 is 9.90 Å². The van der Waals surface area contributed by atoms with Gasteiger partial charge in [0.1, 0.15) is 11.9 Å². The molecule has 5 nitrogen and oxygen atoms in total. The van der Waals surface area contributed by atoms with Crippen molar-refractivity contribution in [2.75, 3.05) is 0 Å². The molecule has 1 aromatic heterocycles. The standard InChI is InChI=1S/C10H15N3O2/c1-2-4-8(10(14)15)13-7-9-11-5-3-6-12-9/h3,5-6,8,13H,2,4,7H2,1H3,(H,14,15). The second-order valence-electron chi connectivity index (χ2n) is 3.23. The van der Waals surface area contributed by atoms with Crippen LogP contribution in [0.2, 0.25) is 0 Å². The van der Waals surface area contributed by atoms with Gasteiger partial charge in [0.2, 0.25) is 0 Å². The van der Waals surface area contributed by atoms with Crippen LogP contribution in [-0.2, 0) is 11.3 Å². The lowest BCUT2D eigenvalue weighted by Crippen LogP contribution is -2.36. The molecule has 1 atom stereocenters. The number of rotatable bonds is 6. The second-order valence-corrected chi connectivity index (χ2v) is 3.23. The van der Waals surface area contributed by atoms with E-state index in [1.165, 1.54) is 0 Å². The van der Waals surface area contributed by atoms with Gasteiger partial charge in [0, 0.05) is 12.4 Å². The van der Waals surface area contributed by atoms with E-state index < -0.39 is 12.0 Å². The van der Waals surface area contributed by atoms with Gasteiger partial charge in [0.05, 0.1) is 6.54 Å². The minimum Gasteiger partial charge on any atom is -0.480 e. The van der Waals surface area contributed by atoms with E-state index in [9.17, 15) is 4.79 Å². The summed E-state index contributed by atoms with van der Waals surface area (Å²) in [5, 5.41) is 11.8. The predicted molar refractivity (Wildman–Crippen MR) is 55.2 cm³/mol. The third-order valence-electron chi connectivity index (χ3n) is 2.00. The Morgan fingerprint density at radius 1 is 1.53 bits per heavy atom. The van der Waals surface area contributed by atoms with Crippen molar-refractivity contribution >= 4 is 5.97 Å². The smallest absolute Gasteiger partial charge is 0.320 e. The first kappa shape index (κ1) is 11.6. The number of carboxylic acids is 1. The van der Waals surface area contributed by atoms with Gasteiger partial charge in [-0.15, -0.1) is 0 Å². The SMILES string of the molecule is CCCC(NCc1ncccn1)C(=O)O. The molecule has 5 heteroatoms. The molecule has 1 heterocycles. The molecule has 1 aromatic rings. The first-order chi connectivity index (χ1) is 7.24. The van der Waals surface area contributed by atoms with E-state index in [2.05, 4.69) is 15.3 Å². The molecule has 0 saturated carbocycles. The summed E-state index contributed by atoms with van der Waals surface area (Å²) in [7, 11) is 0. The Balaban J connectivity index is 2.43. The number of carboxylic acid groups (broad SMARTS) is 1. The van der Waals surface area contributed by atoms with Crippen LogP contribution in [0.25, 0.3) is 0 Å². The molecule has 1 unspecified atom stereocenters. The number of hydrogen-bond acceptors (Lipinski definition) is 4. The van der Waals surface area contributed by atoms with Gasteiger partial charge in [-0.3, -0.25) is 10.1 Å². The molecule has 0 fully saturated rings. The number of aromatic nitrogens is 2. The summed E-state index contributed by atoms with van der Waals surface area (Å²) in [6.45, 7) is 2.34. The van der Waals surface area contributed by atoms with E-state index in [4.69, 9.17) is 5.11 Å². The average molecular weight is 209 g/mol. The monoisotopic (exact) mass is 209 g/mol. The van der Waals surface area contributed by atoms with Crippen molar-refractivity contribution in [3.63, 3.8) is 0 Å². The Morgan fingerprint density at radius 2 is 2.20 bits per heavy atom. The Labute approximate surface area is 88.6 Å². The molecule has 0 bridgehead atoms. The summed E-state index contributed by atoms with van der Waals surface area (Å²) in [6.07, 6.45) is 4.72. The number of nitrogens with zero attached hydrogens (tertiary/aromatic N) is 2. The molecule has 82 valence electrons. The van der Waals surface area contributed by atoms with Gasteiger partial charge in [0.15, 0.2) is 0 Å². The Bertz CT molecular complexity index is 303. The van der Waals surface area contributed by atoms with Gasteiger partial charge in [-0.25, -0.2) is 9.97 Å². The number of carbonyl (C=O) groups is 1. The number of hydrogen-bond donors (Lipinski definition) is 2. The van der Waals surface area contributed by atoms with Gasteiger partial charge in [-0.05, 0) is 12.5 Å². The summed E-state index contributed by atoms with van der Waals surface area (Å²) < 4.78 is 0. The molecule has 15 heavy (non-hydrogen) atoms. The number of nitrogens with one attached hydrogen (secondary N) is 1. The normalized spacial score (nSPS) is 12.3. The van der Waals surface area contributed by atoms with Crippen molar-refractivity contribution in [2.24, 2.45) is 0 Å². The van der Waals surface area contributed by atoms with E-state index in [1.54, 1.807) is 18.5 Å². The molecule has 0 aliphatic heterocycles. The molecule has 1 rings (SSSR count). The minimum atomic E-state index is -0.826. The van der Waals surface area contributed by atoms with Crippen LogP contribution < -0.4 is 5.32 Å². The van der Waals surface area contributed by atoms with E-state index >= 15 is 0 Å². The summed E-state index contributed by atoms with van der Waals surface area (Å²) in [5.74, 6) is -0.215. The maximum absolute atomic E-state index is 10.8. The Kier molecular flexibility index (Phi) is 4.70. The molecule has 0 radical (unpaired) electrons. The lowest BCUT2D eigenvalue weighted by molar-refractivity contribution is -0.139. The predicted octanol–water partition coefficient (Wildman–Crippen LogP) is 0.819. The van der Waals surface area contributed by atoms with E-state index in [1.807, 2.05) is 6.92 Å². The van der Waals surface area contributed by atoms with Crippen molar-refractivity contribution in [3.05, 3.63) is 24.3 Å². The largest absolute Gasteiger partial charge is 0.480 e. The zero-order chi connectivity index (χ0) is 11.1. The maximum atomic E-state index is 10.8. The van der Waals surface area contributed by atoms with Crippen molar-refractivity contribution in [1.82, 2.24) is 15.3 Å². The molecule has 0 aliphatic carbocycles. The van der Waals surface area contributed by atoms with Crippen LogP contribution in [0.15, 0.2) is 18.5 Å². The van der Waals surface area contributed by atoms with Gasteiger partial charge in [-0.1, -0.05) is 13.3 Å². The molecular weight excluding hydrogens is 194 g/mol. The first-order valence-corrected chi connectivity index (χ1v) is 4.96. The Hall–Kier alpha value is -1.49. The highest BCUT2D eigenvalue weighted by atomic mass is 16.4. The fraction of sp³-hybridized carbons (Fsp3) is 0.500. The molecule has 0 amide bonds. The molecule has 0 saturated heterocycles. The van der Waals surface area contributed by atoms with Crippen LogP contribution in [0.1, 0.15) is 25.6 Å². The quantitative estimate of drug-likeness (QED) is 0.725. The average Bonchev–Trinajstić information content (AvgIpc) is 2.25. The third kappa shape index (κ3) is 4.03. The van der Waals surface area contributed by atoms with Crippen molar-refractivity contribution in [1.29, 1.82) is 0 Å². The molecular formula is C10H15N3O2. The summed E-state index contributed by atoms with van der Waals surface area (Å²) >= 11 is 0. The second kappa shape index (κ2) is 6.08. The van der Waals surface area contributed by atoms with Crippen LogP contribution >= 0.6 is 0 Å². The van der Waals surface area contributed by atoms with Crippen LogP contribution in [0.5, 0.6) is 0 Å². The minimum absolute atomic E-state index is 0.387. The lowest BCUT2D eigenvalue weighted by Gasteiger charge is -2.12. The van der Waals surface area contributed by atoms with Crippen LogP contribution in [0.4, 0.5) is 0 Å². The fourth-order valence-electron chi connectivity index (χ4n) is 1.24. The summed E-state index contributed by atoms with van der Waals surface area (Å²) in [5.41, 5.74) is 0. The molecule has 2 N–H and O–H groups in total. The lowest BCUT2D eigenvalue weighted by atomic mass is 10.2. The van der Waals surface area contributed by atoms with Gasteiger partial charge in [0.25, 0.3) is 0 Å². The fourth-order valence-corrected chi connectivity index (χ4v) is 1.24. The van der Waals surface area contributed by atoms with E-state index in [0.29, 0.717) is 18.8 Å².